The van der Waals surface area contributed by atoms with Crippen LogP contribution in [0.1, 0.15) is 30.7 Å². The lowest BCUT2D eigenvalue weighted by atomic mass is 9.84. The number of amides is 1. The lowest BCUT2D eigenvalue weighted by Gasteiger charge is -2.28. The molecule has 0 aromatic heterocycles. The molecule has 2 atom stereocenters. The number of benzene rings is 1. The first-order chi connectivity index (χ1) is 7.25. The molecule has 1 heterocycles. The molecule has 1 fully saturated rings. The molecule has 1 aromatic carbocycles. The van der Waals surface area contributed by atoms with Crippen molar-refractivity contribution in [2.45, 2.75) is 25.2 Å². The average Bonchev–Trinajstić information content (AvgIpc) is 2.69. The number of halogens is 1. The summed E-state index contributed by atoms with van der Waals surface area (Å²) in [5.41, 5.74) is 2.32. The molecule has 0 spiro atoms. The number of rotatable bonds is 0. The highest BCUT2D eigenvalue weighted by atomic mass is 79.9. The van der Waals surface area contributed by atoms with E-state index < -0.39 is 0 Å². The predicted molar refractivity (Wildman–Crippen MR) is 62.9 cm³/mol. The SMILES string of the molecule is O=C1Nc2ccc(Br)cc2C2CCCC12. The van der Waals surface area contributed by atoms with Crippen molar-refractivity contribution in [2.24, 2.45) is 5.92 Å². The summed E-state index contributed by atoms with van der Waals surface area (Å²) in [6.45, 7) is 0. The Morgan fingerprint density at radius 1 is 1.27 bits per heavy atom. The van der Waals surface area contributed by atoms with Gasteiger partial charge < -0.3 is 5.32 Å². The molecule has 1 aromatic rings. The van der Waals surface area contributed by atoms with E-state index in [-0.39, 0.29) is 11.8 Å². The summed E-state index contributed by atoms with van der Waals surface area (Å²) >= 11 is 3.49. The Bertz CT molecular complexity index is 430. The van der Waals surface area contributed by atoms with Gasteiger partial charge in [-0.1, -0.05) is 22.4 Å². The van der Waals surface area contributed by atoms with E-state index >= 15 is 0 Å². The molecule has 1 N–H and O–H groups in total. The highest BCUT2D eigenvalue weighted by Gasteiger charge is 2.38. The van der Waals surface area contributed by atoms with Gasteiger partial charge in [0.05, 0.1) is 0 Å². The molecule has 0 bridgehead atoms. The summed E-state index contributed by atoms with van der Waals surface area (Å²) in [4.78, 5) is 11.8. The third kappa shape index (κ3) is 1.41. The fourth-order valence-electron chi connectivity index (χ4n) is 2.83. The van der Waals surface area contributed by atoms with Crippen LogP contribution in [0.2, 0.25) is 0 Å². The summed E-state index contributed by atoms with van der Waals surface area (Å²) in [6, 6.07) is 6.12. The van der Waals surface area contributed by atoms with Crippen molar-refractivity contribution in [3.63, 3.8) is 0 Å². The second-order valence-corrected chi connectivity index (χ2v) is 5.28. The zero-order valence-electron chi connectivity index (χ0n) is 8.29. The topological polar surface area (TPSA) is 29.1 Å². The number of hydrogen-bond donors (Lipinski definition) is 1. The fourth-order valence-corrected chi connectivity index (χ4v) is 3.20. The van der Waals surface area contributed by atoms with Crippen LogP contribution in [0.4, 0.5) is 5.69 Å². The summed E-state index contributed by atoms with van der Waals surface area (Å²) in [7, 11) is 0. The monoisotopic (exact) mass is 265 g/mol. The van der Waals surface area contributed by atoms with Crippen molar-refractivity contribution in [3.05, 3.63) is 28.2 Å². The summed E-state index contributed by atoms with van der Waals surface area (Å²) < 4.78 is 1.10. The minimum Gasteiger partial charge on any atom is -0.326 e. The second-order valence-electron chi connectivity index (χ2n) is 4.36. The number of nitrogens with one attached hydrogen (secondary N) is 1. The van der Waals surface area contributed by atoms with Gasteiger partial charge in [-0.15, -0.1) is 0 Å². The van der Waals surface area contributed by atoms with Gasteiger partial charge in [-0.25, -0.2) is 0 Å². The quantitative estimate of drug-likeness (QED) is 0.767. The van der Waals surface area contributed by atoms with E-state index in [0.29, 0.717) is 5.92 Å². The third-order valence-electron chi connectivity index (χ3n) is 3.52. The maximum absolute atomic E-state index is 11.8. The Morgan fingerprint density at radius 3 is 2.93 bits per heavy atom. The smallest absolute Gasteiger partial charge is 0.228 e. The molecule has 3 heteroatoms. The fraction of sp³-hybridized carbons (Fsp3) is 0.417. The Kier molecular flexibility index (Phi) is 2.09. The largest absolute Gasteiger partial charge is 0.326 e. The number of carbonyl (C=O) groups is 1. The van der Waals surface area contributed by atoms with E-state index in [9.17, 15) is 4.79 Å². The molecule has 1 aliphatic heterocycles. The number of carbonyl (C=O) groups excluding carboxylic acids is 1. The van der Waals surface area contributed by atoms with Crippen molar-refractivity contribution in [3.8, 4) is 0 Å². The maximum Gasteiger partial charge on any atom is 0.228 e. The van der Waals surface area contributed by atoms with E-state index in [1.807, 2.05) is 12.1 Å². The lowest BCUT2D eigenvalue weighted by Crippen LogP contribution is -2.30. The van der Waals surface area contributed by atoms with Gasteiger partial charge in [-0.05, 0) is 42.5 Å². The zero-order valence-corrected chi connectivity index (χ0v) is 9.88. The van der Waals surface area contributed by atoms with Gasteiger partial charge in [0.15, 0.2) is 0 Å². The van der Waals surface area contributed by atoms with Gasteiger partial charge in [-0.3, -0.25) is 4.79 Å². The first-order valence-electron chi connectivity index (χ1n) is 5.36. The molecule has 1 saturated carbocycles. The number of fused-ring (bicyclic) bond motifs is 3. The molecular formula is C12H12BrNO. The average molecular weight is 266 g/mol. The van der Waals surface area contributed by atoms with Crippen molar-refractivity contribution >= 4 is 27.5 Å². The van der Waals surface area contributed by atoms with Crippen molar-refractivity contribution in [1.29, 1.82) is 0 Å². The van der Waals surface area contributed by atoms with E-state index in [1.54, 1.807) is 0 Å². The molecule has 1 aliphatic carbocycles. The molecule has 0 radical (unpaired) electrons. The van der Waals surface area contributed by atoms with Gasteiger partial charge in [0.2, 0.25) is 5.91 Å². The molecule has 2 nitrogen and oxygen atoms in total. The molecule has 1 amide bonds. The molecule has 78 valence electrons. The summed E-state index contributed by atoms with van der Waals surface area (Å²) in [5, 5.41) is 3.00. The Balaban J connectivity index is 2.12. The lowest BCUT2D eigenvalue weighted by molar-refractivity contribution is -0.120. The standard InChI is InChI=1S/C12H12BrNO/c13-7-4-5-11-10(6-7)8-2-1-3-9(8)12(15)14-11/h4-6,8-9H,1-3H2,(H,14,15). The van der Waals surface area contributed by atoms with Crippen LogP contribution >= 0.6 is 15.9 Å². The third-order valence-corrected chi connectivity index (χ3v) is 4.02. The van der Waals surface area contributed by atoms with Crippen LogP contribution in [0.5, 0.6) is 0 Å². The predicted octanol–water partition coefficient (Wildman–Crippen LogP) is 3.28. The molecule has 3 rings (SSSR count). The first-order valence-corrected chi connectivity index (χ1v) is 6.15. The van der Waals surface area contributed by atoms with Crippen molar-refractivity contribution in [2.75, 3.05) is 5.32 Å². The van der Waals surface area contributed by atoms with E-state index in [4.69, 9.17) is 0 Å². The van der Waals surface area contributed by atoms with Gasteiger partial charge >= 0.3 is 0 Å². The second kappa shape index (κ2) is 3.34. The summed E-state index contributed by atoms with van der Waals surface area (Å²) in [6.07, 6.45) is 3.37. The van der Waals surface area contributed by atoms with Gasteiger partial charge in [0.1, 0.15) is 0 Å². The van der Waals surface area contributed by atoms with Crippen LogP contribution in [0.3, 0.4) is 0 Å². The molecule has 2 unspecified atom stereocenters. The van der Waals surface area contributed by atoms with E-state index in [0.717, 1.165) is 23.0 Å². The Labute approximate surface area is 97.2 Å². The minimum absolute atomic E-state index is 0.215. The van der Waals surface area contributed by atoms with Crippen molar-refractivity contribution in [1.82, 2.24) is 0 Å². The maximum atomic E-state index is 11.8. The van der Waals surface area contributed by atoms with E-state index in [1.165, 1.54) is 12.0 Å². The first kappa shape index (κ1) is 9.40. The number of anilines is 1. The van der Waals surface area contributed by atoms with Crippen LogP contribution in [0, 0.1) is 5.92 Å². The van der Waals surface area contributed by atoms with Crippen LogP contribution in [-0.2, 0) is 4.79 Å². The van der Waals surface area contributed by atoms with Gasteiger partial charge in [0.25, 0.3) is 0 Å². The minimum atomic E-state index is 0.215. The van der Waals surface area contributed by atoms with E-state index in [2.05, 4.69) is 27.3 Å². The van der Waals surface area contributed by atoms with Gasteiger partial charge in [0, 0.05) is 16.1 Å². The Morgan fingerprint density at radius 2 is 2.07 bits per heavy atom. The van der Waals surface area contributed by atoms with Crippen LogP contribution in [0.25, 0.3) is 0 Å². The van der Waals surface area contributed by atoms with Crippen LogP contribution in [0.15, 0.2) is 22.7 Å². The summed E-state index contributed by atoms with van der Waals surface area (Å²) in [5.74, 6) is 0.880. The highest BCUT2D eigenvalue weighted by molar-refractivity contribution is 9.10. The number of hydrogen-bond acceptors (Lipinski definition) is 1. The normalized spacial score (nSPS) is 28.2. The zero-order chi connectivity index (χ0) is 10.4. The molecule has 0 saturated heterocycles. The highest BCUT2D eigenvalue weighted by Crippen LogP contribution is 2.46. The van der Waals surface area contributed by atoms with Crippen LogP contribution in [-0.4, -0.2) is 5.91 Å². The van der Waals surface area contributed by atoms with Gasteiger partial charge in [-0.2, -0.15) is 0 Å². The molecular weight excluding hydrogens is 254 g/mol. The van der Waals surface area contributed by atoms with Crippen LogP contribution < -0.4 is 5.32 Å². The molecule has 15 heavy (non-hydrogen) atoms. The molecule has 2 aliphatic rings. The van der Waals surface area contributed by atoms with Crippen molar-refractivity contribution < 1.29 is 4.79 Å². The Hall–Kier alpha value is -0.830.